The fourth-order valence-electron chi connectivity index (χ4n) is 1.04. The van der Waals surface area contributed by atoms with Crippen LogP contribution in [0.2, 0.25) is 0 Å². The molecule has 1 heterocycles. The predicted molar refractivity (Wildman–Crippen MR) is 60.1 cm³/mol. The summed E-state index contributed by atoms with van der Waals surface area (Å²) in [6.45, 7) is 3.06. The first-order chi connectivity index (χ1) is 8.24. The number of pyridine rings is 1. The van der Waals surface area contributed by atoms with Gasteiger partial charge in [0.2, 0.25) is 0 Å². The van der Waals surface area contributed by atoms with Crippen molar-refractivity contribution in [2.45, 2.75) is 13.5 Å². The number of methoxy groups -OCH3 is 1. The van der Waals surface area contributed by atoms with Gasteiger partial charge in [0.1, 0.15) is 6.61 Å². The van der Waals surface area contributed by atoms with Crippen molar-refractivity contribution in [2.24, 2.45) is 0 Å². The Morgan fingerprint density at radius 3 is 2.17 bits per heavy atom. The maximum Gasteiger partial charge on any atom is 1.00 e. The molecule has 1 aromatic heterocycles. The number of hydrogen-bond acceptors (Lipinski definition) is 6. The molecule has 18 heavy (non-hydrogen) atoms. The highest BCUT2D eigenvalue weighted by molar-refractivity contribution is 7.79. The fourth-order valence-corrected chi connectivity index (χ4v) is 1.04. The van der Waals surface area contributed by atoms with E-state index in [1.165, 1.54) is 0 Å². The van der Waals surface area contributed by atoms with Crippen LogP contribution < -0.4 is 4.57 Å². The largest absolute Gasteiger partial charge is 1.00 e. The molecule has 8 heteroatoms. The van der Waals surface area contributed by atoms with E-state index in [0.717, 1.165) is 12.1 Å². The molecule has 0 amide bonds. The van der Waals surface area contributed by atoms with Crippen molar-refractivity contribution in [1.82, 2.24) is 0 Å². The summed E-state index contributed by atoms with van der Waals surface area (Å²) in [6.07, 6.45) is 3.77. The molecule has 1 rings (SSSR count). The molecule has 0 aliphatic rings. The standard InChI is InChI=1S/C10H14NO2.H2O4S/c1-9(12)10-3-5-11(6-4-10)7-8-13-2;1-5(2,3)4/h3-6H,7-8H2,1-2H3;(H2,1,2,3,4)/q+1;/p-1. The number of nitrogens with zero attached hydrogens (tertiary/aromatic N) is 1. The summed E-state index contributed by atoms with van der Waals surface area (Å²) in [5.74, 6) is 0.0962. The van der Waals surface area contributed by atoms with E-state index in [0.29, 0.717) is 6.61 Å². The van der Waals surface area contributed by atoms with Gasteiger partial charge in [-0.3, -0.25) is 13.2 Å². The minimum atomic E-state index is -5.17. The van der Waals surface area contributed by atoms with Gasteiger partial charge in [0, 0.05) is 35.2 Å². The number of rotatable bonds is 4. The van der Waals surface area contributed by atoms with E-state index >= 15 is 0 Å². The van der Waals surface area contributed by atoms with Gasteiger partial charge in [-0.2, -0.15) is 0 Å². The third-order valence-electron chi connectivity index (χ3n) is 1.85. The van der Waals surface area contributed by atoms with Crippen molar-refractivity contribution >= 4 is 16.2 Å². The fraction of sp³-hybridized carbons (Fsp3) is 0.400. The summed E-state index contributed by atoms with van der Waals surface area (Å²) < 4.78 is 41.0. The molecular formula is C10H15NO6S. The quantitative estimate of drug-likeness (QED) is 0.320. The lowest BCUT2D eigenvalue weighted by atomic mass is 10.2. The van der Waals surface area contributed by atoms with Crippen LogP contribution in [0.3, 0.4) is 0 Å². The van der Waals surface area contributed by atoms with E-state index in [4.69, 9.17) is 22.3 Å². The average molecular weight is 277 g/mol. The Balaban J connectivity index is 0. The Hall–Kier alpha value is -1.35. The summed E-state index contributed by atoms with van der Waals surface area (Å²) in [5, 5.41) is 0. The van der Waals surface area contributed by atoms with Gasteiger partial charge >= 0.3 is 1.43 Å². The zero-order valence-corrected chi connectivity index (χ0v) is 10.8. The lowest BCUT2D eigenvalue weighted by molar-refractivity contribution is -0.698. The molecule has 102 valence electrons. The molecule has 1 aromatic rings. The van der Waals surface area contributed by atoms with Crippen LogP contribution in [0.25, 0.3) is 0 Å². The summed E-state index contributed by atoms with van der Waals surface area (Å²) in [4.78, 5) is 10.9. The Kier molecular flexibility index (Phi) is 7.29. The van der Waals surface area contributed by atoms with Gasteiger partial charge in [-0.05, 0) is 6.92 Å². The molecule has 0 saturated carbocycles. The van der Waals surface area contributed by atoms with Crippen LogP contribution in [0, 0.1) is 0 Å². The van der Waals surface area contributed by atoms with Gasteiger partial charge in [0.05, 0.1) is 0 Å². The highest BCUT2D eigenvalue weighted by atomic mass is 32.3. The van der Waals surface area contributed by atoms with Crippen LogP contribution >= 0.6 is 0 Å². The first kappa shape index (κ1) is 16.6. The number of ketones is 1. The maximum atomic E-state index is 10.9. The van der Waals surface area contributed by atoms with Gasteiger partial charge in [-0.25, -0.2) is 4.57 Å². The normalized spacial score (nSPS) is 10.4. The third-order valence-corrected chi connectivity index (χ3v) is 1.85. The van der Waals surface area contributed by atoms with Crippen LogP contribution in [-0.2, 0) is 21.7 Å². The van der Waals surface area contributed by atoms with Crippen molar-refractivity contribution in [1.29, 1.82) is 0 Å². The number of hydrogen-bond donors (Lipinski definition) is 0. The van der Waals surface area contributed by atoms with Gasteiger partial charge in [-0.15, -0.1) is 0 Å². The Labute approximate surface area is 107 Å². The van der Waals surface area contributed by atoms with Crippen LogP contribution in [-0.4, -0.2) is 37.0 Å². The van der Waals surface area contributed by atoms with Crippen molar-refractivity contribution in [2.75, 3.05) is 13.7 Å². The van der Waals surface area contributed by atoms with E-state index in [-0.39, 0.29) is 7.21 Å². The van der Waals surface area contributed by atoms with E-state index in [1.807, 2.05) is 29.1 Å². The molecule has 7 nitrogen and oxygen atoms in total. The highest BCUT2D eigenvalue weighted by Gasteiger charge is 2.02. The number of Topliss-reactive ketones (excluding diaryl/α,β-unsaturated/α-hetero) is 1. The van der Waals surface area contributed by atoms with Crippen LogP contribution in [0.1, 0.15) is 18.7 Å². The van der Waals surface area contributed by atoms with Crippen LogP contribution in [0.15, 0.2) is 24.5 Å². The van der Waals surface area contributed by atoms with Gasteiger partial charge in [0.15, 0.2) is 24.7 Å². The first-order valence-electron chi connectivity index (χ1n) is 4.89. The summed E-state index contributed by atoms with van der Waals surface area (Å²) in [6, 6.07) is 3.63. The highest BCUT2D eigenvalue weighted by Crippen LogP contribution is 1.95. The Morgan fingerprint density at radius 1 is 1.39 bits per heavy atom. The SMILES string of the molecule is COCC[n+]1ccc(C(C)=O)cc1.O=S(=O)([O-])[O-].[H+]. The van der Waals surface area contributed by atoms with E-state index < -0.39 is 10.4 Å². The molecule has 0 bridgehead atoms. The lowest BCUT2D eigenvalue weighted by Gasteiger charge is -2.06. The second-order valence-corrected chi connectivity index (χ2v) is 4.10. The summed E-state index contributed by atoms with van der Waals surface area (Å²) >= 11 is 0. The topological polar surface area (TPSA) is 110 Å². The molecular weight excluding hydrogens is 262 g/mol. The van der Waals surface area contributed by atoms with Crippen molar-refractivity contribution in [3.8, 4) is 0 Å². The zero-order valence-electron chi connectivity index (χ0n) is 11.0. The predicted octanol–water partition coefficient (Wildman–Crippen LogP) is -0.402. The van der Waals surface area contributed by atoms with Gasteiger partial charge in [-0.1, -0.05) is 0 Å². The number of carbonyl (C=O) groups excluding carboxylic acids is 1. The lowest BCUT2D eigenvalue weighted by Crippen LogP contribution is -2.35. The third kappa shape index (κ3) is 9.85. The molecule has 0 fully saturated rings. The molecule has 0 saturated heterocycles. The van der Waals surface area contributed by atoms with E-state index in [9.17, 15) is 4.79 Å². The van der Waals surface area contributed by atoms with Crippen molar-refractivity contribution in [3.63, 3.8) is 0 Å². The van der Waals surface area contributed by atoms with Crippen LogP contribution in [0.4, 0.5) is 0 Å². The molecule has 0 unspecified atom stereocenters. The van der Waals surface area contributed by atoms with Crippen molar-refractivity contribution < 1.29 is 33.0 Å². The van der Waals surface area contributed by atoms with E-state index in [1.54, 1.807) is 14.0 Å². The van der Waals surface area contributed by atoms with Gasteiger partial charge < -0.3 is 13.8 Å². The number of carbonyl (C=O) groups is 1. The molecule has 0 spiro atoms. The summed E-state index contributed by atoms with van der Waals surface area (Å²) in [7, 11) is -3.50. The first-order valence-corrected chi connectivity index (χ1v) is 6.23. The van der Waals surface area contributed by atoms with Crippen molar-refractivity contribution in [3.05, 3.63) is 30.1 Å². The zero-order chi connectivity index (χ0) is 14.2. The summed E-state index contributed by atoms with van der Waals surface area (Å²) in [5.41, 5.74) is 0.744. The van der Waals surface area contributed by atoms with Crippen LogP contribution in [0.5, 0.6) is 0 Å². The van der Waals surface area contributed by atoms with E-state index in [2.05, 4.69) is 0 Å². The molecule has 0 aromatic carbocycles. The Morgan fingerprint density at radius 2 is 1.83 bits per heavy atom. The molecule has 0 radical (unpaired) electrons. The second-order valence-electron chi connectivity index (χ2n) is 3.28. The minimum Gasteiger partial charge on any atom is -0.759 e. The van der Waals surface area contributed by atoms with Gasteiger partial charge in [0.25, 0.3) is 0 Å². The smallest absolute Gasteiger partial charge is 0.759 e. The second kappa shape index (κ2) is 7.88. The maximum absolute atomic E-state index is 10.9. The monoisotopic (exact) mass is 277 g/mol. The number of aromatic nitrogens is 1. The molecule has 0 atom stereocenters. The Bertz CT molecular complexity index is 465. The molecule has 0 aliphatic carbocycles. The number of ether oxygens (including phenoxy) is 1. The minimum absolute atomic E-state index is 0. The average Bonchev–Trinajstić information content (AvgIpc) is 2.24. The molecule has 0 N–H and O–H groups in total. The molecule has 0 aliphatic heterocycles.